The first-order chi connectivity index (χ1) is 6.83. The summed E-state index contributed by atoms with van der Waals surface area (Å²) in [6, 6.07) is 0.384. The number of hydrazine groups is 1. The SMILES string of the molecule is CCN=C(NN)NC1CC2CCC1O2. The Morgan fingerprint density at radius 1 is 1.57 bits per heavy atom. The van der Waals surface area contributed by atoms with Gasteiger partial charge in [-0.2, -0.15) is 0 Å². The second-order valence-electron chi connectivity index (χ2n) is 3.83. The number of fused-ring (bicyclic) bond motifs is 2. The predicted molar refractivity (Wildman–Crippen MR) is 54.7 cm³/mol. The zero-order valence-corrected chi connectivity index (χ0v) is 8.49. The number of hydrogen-bond donors (Lipinski definition) is 3. The molecule has 2 rings (SSSR count). The average Bonchev–Trinajstić information content (AvgIpc) is 2.78. The molecule has 0 amide bonds. The quantitative estimate of drug-likeness (QED) is 0.247. The smallest absolute Gasteiger partial charge is 0.206 e. The van der Waals surface area contributed by atoms with Crippen molar-refractivity contribution in [2.24, 2.45) is 10.8 Å². The minimum absolute atomic E-state index is 0.357. The zero-order valence-electron chi connectivity index (χ0n) is 8.49. The molecule has 0 aromatic carbocycles. The molecule has 3 atom stereocenters. The molecule has 0 saturated carbocycles. The molecule has 14 heavy (non-hydrogen) atoms. The Morgan fingerprint density at radius 3 is 2.93 bits per heavy atom. The van der Waals surface area contributed by atoms with Crippen molar-refractivity contribution in [3.63, 3.8) is 0 Å². The Bertz CT molecular complexity index is 231. The number of rotatable bonds is 2. The third-order valence-corrected chi connectivity index (χ3v) is 2.88. The summed E-state index contributed by atoms with van der Waals surface area (Å²) < 4.78 is 5.72. The highest BCUT2D eigenvalue weighted by Gasteiger charge is 2.40. The van der Waals surface area contributed by atoms with Crippen LogP contribution in [0.2, 0.25) is 0 Å². The van der Waals surface area contributed by atoms with E-state index in [1.54, 1.807) is 0 Å². The predicted octanol–water partition coefficient (Wildman–Crippen LogP) is -0.265. The van der Waals surface area contributed by atoms with Gasteiger partial charge in [0.15, 0.2) is 0 Å². The Hall–Kier alpha value is -0.810. The lowest BCUT2D eigenvalue weighted by Gasteiger charge is -2.21. The van der Waals surface area contributed by atoms with E-state index in [2.05, 4.69) is 15.7 Å². The number of ether oxygens (including phenoxy) is 1. The highest BCUT2D eigenvalue weighted by molar-refractivity contribution is 5.79. The number of guanidine groups is 1. The average molecular weight is 198 g/mol. The molecule has 2 heterocycles. The maximum atomic E-state index is 5.72. The summed E-state index contributed by atoms with van der Waals surface area (Å²) >= 11 is 0. The van der Waals surface area contributed by atoms with Crippen LogP contribution in [-0.4, -0.2) is 30.8 Å². The van der Waals surface area contributed by atoms with Gasteiger partial charge >= 0.3 is 0 Å². The van der Waals surface area contributed by atoms with Crippen LogP contribution in [0.15, 0.2) is 4.99 Å². The standard InChI is InChI=1S/C9H18N4O/c1-2-11-9(13-10)12-7-5-6-3-4-8(7)14-6/h6-8H,2-5,10H2,1H3,(H2,11,12,13). The summed E-state index contributed by atoms with van der Waals surface area (Å²) in [5.41, 5.74) is 2.57. The van der Waals surface area contributed by atoms with Crippen molar-refractivity contribution in [3.8, 4) is 0 Å². The fourth-order valence-electron chi connectivity index (χ4n) is 2.26. The van der Waals surface area contributed by atoms with Crippen LogP contribution in [0.25, 0.3) is 0 Å². The van der Waals surface area contributed by atoms with Gasteiger partial charge in [-0.1, -0.05) is 0 Å². The normalized spacial score (nSPS) is 36.1. The Labute approximate surface area is 84.1 Å². The lowest BCUT2D eigenvalue weighted by atomic mass is 9.96. The summed E-state index contributed by atoms with van der Waals surface area (Å²) in [7, 11) is 0. The fraction of sp³-hybridized carbons (Fsp3) is 0.889. The molecule has 80 valence electrons. The highest BCUT2D eigenvalue weighted by Crippen LogP contribution is 2.34. The van der Waals surface area contributed by atoms with Gasteiger partial charge < -0.3 is 10.1 Å². The molecular weight excluding hydrogens is 180 g/mol. The number of nitrogens with zero attached hydrogens (tertiary/aromatic N) is 1. The van der Waals surface area contributed by atoms with Crippen LogP contribution in [0, 0.1) is 0 Å². The Kier molecular flexibility index (Phi) is 2.88. The monoisotopic (exact) mass is 198 g/mol. The van der Waals surface area contributed by atoms with Crippen LogP contribution in [0.3, 0.4) is 0 Å². The molecule has 5 heteroatoms. The Morgan fingerprint density at radius 2 is 2.43 bits per heavy atom. The molecule has 2 aliphatic rings. The van der Waals surface area contributed by atoms with Crippen molar-refractivity contribution in [2.75, 3.05) is 6.54 Å². The van der Waals surface area contributed by atoms with Crippen molar-refractivity contribution >= 4 is 5.96 Å². The van der Waals surface area contributed by atoms with Gasteiger partial charge in [0.2, 0.25) is 5.96 Å². The van der Waals surface area contributed by atoms with Crippen molar-refractivity contribution in [1.29, 1.82) is 0 Å². The summed E-state index contributed by atoms with van der Waals surface area (Å²) in [5.74, 6) is 6.03. The minimum atomic E-state index is 0.357. The van der Waals surface area contributed by atoms with Crippen LogP contribution in [0.1, 0.15) is 26.2 Å². The molecule has 5 nitrogen and oxygen atoms in total. The third-order valence-electron chi connectivity index (χ3n) is 2.88. The second-order valence-corrected chi connectivity index (χ2v) is 3.83. The summed E-state index contributed by atoms with van der Waals surface area (Å²) in [6.07, 6.45) is 4.26. The van der Waals surface area contributed by atoms with Crippen molar-refractivity contribution in [2.45, 2.75) is 44.4 Å². The van der Waals surface area contributed by atoms with Gasteiger partial charge in [0.25, 0.3) is 0 Å². The molecule has 2 saturated heterocycles. The van der Waals surface area contributed by atoms with Crippen molar-refractivity contribution in [1.82, 2.24) is 10.7 Å². The molecule has 0 spiro atoms. The summed E-state index contributed by atoms with van der Waals surface area (Å²) in [4.78, 5) is 4.20. The lowest BCUT2D eigenvalue weighted by Crippen LogP contribution is -2.49. The first-order valence-corrected chi connectivity index (χ1v) is 5.26. The van der Waals surface area contributed by atoms with Crippen molar-refractivity contribution < 1.29 is 4.74 Å². The second kappa shape index (κ2) is 4.14. The summed E-state index contributed by atoms with van der Waals surface area (Å²) in [6.45, 7) is 2.71. The van der Waals surface area contributed by atoms with Gasteiger partial charge in [-0.05, 0) is 26.2 Å². The van der Waals surface area contributed by atoms with Gasteiger partial charge in [-0.25, -0.2) is 5.84 Å². The van der Waals surface area contributed by atoms with E-state index in [4.69, 9.17) is 10.6 Å². The van der Waals surface area contributed by atoms with Crippen LogP contribution < -0.4 is 16.6 Å². The van der Waals surface area contributed by atoms with E-state index in [9.17, 15) is 0 Å². The minimum Gasteiger partial charge on any atom is -0.373 e. The van der Waals surface area contributed by atoms with E-state index in [0.29, 0.717) is 24.2 Å². The van der Waals surface area contributed by atoms with Gasteiger partial charge in [-0.3, -0.25) is 10.4 Å². The molecule has 0 aromatic rings. The molecule has 0 aliphatic carbocycles. The number of aliphatic imine (C=N–C) groups is 1. The summed E-state index contributed by atoms with van der Waals surface area (Å²) in [5, 5.41) is 3.29. The number of hydrogen-bond acceptors (Lipinski definition) is 3. The first kappa shape index (κ1) is 9.73. The molecule has 4 N–H and O–H groups in total. The van der Waals surface area contributed by atoms with E-state index in [-0.39, 0.29) is 0 Å². The fourth-order valence-corrected chi connectivity index (χ4v) is 2.26. The zero-order chi connectivity index (χ0) is 9.97. The van der Waals surface area contributed by atoms with Crippen molar-refractivity contribution in [3.05, 3.63) is 0 Å². The van der Waals surface area contributed by atoms with Crippen LogP contribution in [-0.2, 0) is 4.74 Å². The highest BCUT2D eigenvalue weighted by atomic mass is 16.5. The maximum Gasteiger partial charge on any atom is 0.206 e. The maximum absolute atomic E-state index is 5.72. The molecule has 2 bridgehead atoms. The molecule has 3 unspecified atom stereocenters. The van der Waals surface area contributed by atoms with E-state index in [1.165, 1.54) is 6.42 Å². The van der Waals surface area contributed by atoms with Crippen LogP contribution in [0.4, 0.5) is 0 Å². The number of nitrogens with one attached hydrogen (secondary N) is 2. The first-order valence-electron chi connectivity index (χ1n) is 5.26. The molecule has 0 radical (unpaired) electrons. The van der Waals surface area contributed by atoms with E-state index in [1.807, 2.05) is 6.92 Å². The van der Waals surface area contributed by atoms with Crippen LogP contribution >= 0.6 is 0 Å². The largest absolute Gasteiger partial charge is 0.373 e. The van der Waals surface area contributed by atoms with Gasteiger partial charge in [-0.15, -0.1) is 0 Å². The molecule has 0 aromatic heterocycles. The number of nitrogens with two attached hydrogens (primary N) is 1. The van der Waals surface area contributed by atoms with Gasteiger partial charge in [0.05, 0.1) is 18.2 Å². The van der Waals surface area contributed by atoms with Gasteiger partial charge in [0.1, 0.15) is 0 Å². The van der Waals surface area contributed by atoms with Crippen LogP contribution in [0.5, 0.6) is 0 Å². The molecule has 2 aliphatic heterocycles. The topological polar surface area (TPSA) is 71.7 Å². The van der Waals surface area contributed by atoms with E-state index in [0.717, 1.165) is 19.4 Å². The molecule has 2 fully saturated rings. The Balaban J connectivity index is 1.88. The van der Waals surface area contributed by atoms with E-state index < -0.39 is 0 Å². The molecular formula is C9H18N4O. The van der Waals surface area contributed by atoms with Gasteiger partial charge in [0, 0.05) is 6.54 Å². The third kappa shape index (κ3) is 1.83. The lowest BCUT2D eigenvalue weighted by molar-refractivity contribution is 0.0992. The van der Waals surface area contributed by atoms with E-state index >= 15 is 0 Å².